The summed E-state index contributed by atoms with van der Waals surface area (Å²) in [5.74, 6) is 0.629. The molecule has 0 heterocycles. The summed E-state index contributed by atoms with van der Waals surface area (Å²) < 4.78 is 0. The summed E-state index contributed by atoms with van der Waals surface area (Å²) in [6.45, 7) is 5.61. The molecule has 0 aromatic heterocycles. The number of hydrogen-bond acceptors (Lipinski definition) is 4. The normalized spacial score (nSPS) is 54.9. The van der Waals surface area contributed by atoms with Crippen LogP contribution in [0.4, 0.5) is 0 Å². The summed E-state index contributed by atoms with van der Waals surface area (Å²) in [5, 5.41) is 11.2. The molecule has 27 heavy (non-hydrogen) atoms. The molecule has 0 aliphatic heterocycles. The summed E-state index contributed by atoms with van der Waals surface area (Å²) in [5.41, 5.74) is -2.27. The van der Waals surface area contributed by atoms with Crippen molar-refractivity contribution >= 4 is 49.2 Å². The molecule has 4 saturated carbocycles. The minimum absolute atomic E-state index is 0.0863. The first-order chi connectivity index (χ1) is 12.5. The molecule has 4 nitrogen and oxygen atoms in total. The van der Waals surface area contributed by atoms with Gasteiger partial charge in [0.1, 0.15) is 11.4 Å². The molecule has 9 atom stereocenters. The van der Waals surface area contributed by atoms with E-state index < -0.39 is 11.0 Å². The van der Waals surface area contributed by atoms with Crippen molar-refractivity contribution in [2.75, 3.05) is 0 Å². The van der Waals surface area contributed by atoms with Gasteiger partial charge < -0.3 is 5.11 Å². The zero-order chi connectivity index (χ0) is 19.9. The van der Waals surface area contributed by atoms with Crippen LogP contribution in [0, 0.1) is 34.5 Å². The zero-order valence-corrected chi connectivity index (χ0v) is 19.3. The molecule has 4 aliphatic rings. The van der Waals surface area contributed by atoms with Crippen molar-refractivity contribution in [3.05, 3.63) is 0 Å². The summed E-state index contributed by atoms with van der Waals surface area (Å²) >= 11 is 7.19. The number of carbonyl (C=O) groups is 3. The van der Waals surface area contributed by atoms with Crippen LogP contribution in [0.5, 0.6) is 0 Å². The van der Waals surface area contributed by atoms with E-state index in [-0.39, 0.29) is 62.5 Å². The van der Waals surface area contributed by atoms with Crippen molar-refractivity contribution in [3.63, 3.8) is 0 Å². The Kier molecular flexibility index (Phi) is 4.65. The maximum absolute atomic E-state index is 13.5. The number of ketones is 3. The van der Waals surface area contributed by atoms with Gasteiger partial charge in [0, 0.05) is 17.8 Å². The summed E-state index contributed by atoms with van der Waals surface area (Å²) in [6, 6.07) is 0. The Balaban J connectivity index is 1.75. The van der Waals surface area contributed by atoms with Gasteiger partial charge in [0.15, 0.2) is 11.6 Å². The Morgan fingerprint density at radius 2 is 1.78 bits per heavy atom. The molecule has 0 spiro atoms. The molecule has 0 bridgehead atoms. The zero-order valence-electron chi connectivity index (χ0n) is 16.1. The number of rotatable bonds is 1. The molecular formula is C21H28Br2O4. The topological polar surface area (TPSA) is 71.4 Å². The highest BCUT2D eigenvalue weighted by Gasteiger charge is 2.69. The van der Waals surface area contributed by atoms with Crippen LogP contribution in [-0.4, -0.2) is 37.7 Å². The minimum atomic E-state index is -1.38. The molecule has 0 saturated heterocycles. The third-order valence-electron chi connectivity index (χ3n) is 8.92. The van der Waals surface area contributed by atoms with Crippen molar-refractivity contribution in [2.45, 2.75) is 74.6 Å². The van der Waals surface area contributed by atoms with E-state index in [1.807, 2.05) is 6.92 Å². The summed E-state index contributed by atoms with van der Waals surface area (Å²) in [4.78, 5) is 37.9. The highest BCUT2D eigenvalue weighted by atomic mass is 79.9. The lowest BCUT2D eigenvalue weighted by Crippen LogP contribution is -2.63. The van der Waals surface area contributed by atoms with Gasteiger partial charge in [-0.1, -0.05) is 45.7 Å². The van der Waals surface area contributed by atoms with Gasteiger partial charge in [-0.15, -0.1) is 0 Å². The molecule has 0 aromatic rings. The van der Waals surface area contributed by atoms with E-state index in [0.29, 0.717) is 12.8 Å². The van der Waals surface area contributed by atoms with Crippen LogP contribution in [0.25, 0.3) is 0 Å². The van der Waals surface area contributed by atoms with Gasteiger partial charge in [-0.2, -0.15) is 0 Å². The molecule has 0 radical (unpaired) electrons. The van der Waals surface area contributed by atoms with Crippen LogP contribution in [0.2, 0.25) is 0 Å². The average molecular weight is 504 g/mol. The molecule has 4 rings (SSSR count). The molecular weight excluding hydrogens is 476 g/mol. The number of alkyl halides is 2. The van der Waals surface area contributed by atoms with Crippen molar-refractivity contribution in [1.82, 2.24) is 0 Å². The molecule has 1 N–H and O–H groups in total. The fraction of sp³-hybridized carbons (Fsp3) is 0.857. The Morgan fingerprint density at radius 3 is 2.41 bits per heavy atom. The van der Waals surface area contributed by atoms with Gasteiger partial charge in [-0.25, -0.2) is 0 Å². The summed E-state index contributed by atoms with van der Waals surface area (Å²) in [6.07, 6.45) is 4.03. The van der Waals surface area contributed by atoms with E-state index in [1.165, 1.54) is 6.92 Å². The quantitative estimate of drug-likeness (QED) is 0.552. The Labute approximate surface area is 177 Å². The molecule has 1 unspecified atom stereocenters. The molecule has 0 amide bonds. The lowest BCUT2D eigenvalue weighted by atomic mass is 9.44. The fourth-order valence-corrected chi connectivity index (χ4v) is 10.1. The minimum Gasteiger partial charge on any atom is -0.381 e. The molecule has 4 aliphatic carbocycles. The van der Waals surface area contributed by atoms with Crippen LogP contribution < -0.4 is 0 Å². The number of halogens is 2. The maximum atomic E-state index is 13.5. The Morgan fingerprint density at radius 1 is 1.11 bits per heavy atom. The summed E-state index contributed by atoms with van der Waals surface area (Å²) in [7, 11) is 0. The fourth-order valence-electron chi connectivity index (χ4n) is 7.53. The van der Waals surface area contributed by atoms with E-state index in [4.69, 9.17) is 0 Å². The predicted octanol–water partition coefficient (Wildman–Crippen LogP) is 3.84. The molecule has 6 heteroatoms. The number of Topliss-reactive ketones (excluding diaryl/α,β-unsaturated/α-hetero) is 3. The molecule has 0 aromatic carbocycles. The third kappa shape index (κ3) is 2.44. The first-order valence-electron chi connectivity index (χ1n) is 10.1. The highest BCUT2D eigenvalue weighted by Crippen LogP contribution is 2.67. The van der Waals surface area contributed by atoms with E-state index in [1.54, 1.807) is 0 Å². The standard InChI is InChI=1S/C21H28Br2O4/c1-10(24)21(27)7-6-12-11-4-5-13-17(23)18(26)14(22)8-19(13,2)16(11)15(25)9-20(12,21)3/h11-14,16-17,27H,4-9H2,1-3H3/t11-,12-,13?,14+,16+,17+,19-,20-,21-/m0/s1. The van der Waals surface area contributed by atoms with E-state index in [0.717, 1.165) is 19.3 Å². The van der Waals surface area contributed by atoms with Gasteiger partial charge in [0.25, 0.3) is 0 Å². The van der Waals surface area contributed by atoms with E-state index in [2.05, 4.69) is 38.8 Å². The second-order valence-corrected chi connectivity index (χ2v) is 12.0. The first-order valence-corrected chi connectivity index (χ1v) is 11.9. The molecule has 150 valence electrons. The van der Waals surface area contributed by atoms with Gasteiger partial charge in [0.2, 0.25) is 0 Å². The largest absolute Gasteiger partial charge is 0.381 e. The average Bonchev–Trinajstić information content (AvgIpc) is 2.84. The predicted molar refractivity (Wildman–Crippen MR) is 109 cm³/mol. The molecule has 4 fully saturated rings. The van der Waals surface area contributed by atoms with Crippen LogP contribution >= 0.6 is 31.9 Å². The van der Waals surface area contributed by atoms with Gasteiger partial charge in [-0.05, 0) is 62.2 Å². The maximum Gasteiger partial charge on any atom is 0.161 e. The van der Waals surface area contributed by atoms with Gasteiger partial charge in [0.05, 0.1) is 9.65 Å². The van der Waals surface area contributed by atoms with Crippen molar-refractivity contribution in [1.29, 1.82) is 0 Å². The monoisotopic (exact) mass is 502 g/mol. The van der Waals surface area contributed by atoms with Crippen LogP contribution in [0.15, 0.2) is 0 Å². The first kappa shape index (κ1) is 20.2. The lowest BCUT2D eigenvalue weighted by molar-refractivity contribution is -0.175. The van der Waals surface area contributed by atoms with Crippen molar-refractivity contribution in [3.8, 4) is 0 Å². The second kappa shape index (κ2) is 6.21. The Hall–Kier alpha value is -0.0700. The van der Waals surface area contributed by atoms with Crippen LogP contribution in [0.1, 0.15) is 59.3 Å². The van der Waals surface area contributed by atoms with Crippen LogP contribution in [-0.2, 0) is 14.4 Å². The van der Waals surface area contributed by atoms with E-state index in [9.17, 15) is 19.5 Å². The number of hydrogen-bond donors (Lipinski definition) is 1. The van der Waals surface area contributed by atoms with E-state index >= 15 is 0 Å². The van der Waals surface area contributed by atoms with Gasteiger partial charge in [-0.3, -0.25) is 14.4 Å². The van der Waals surface area contributed by atoms with Gasteiger partial charge >= 0.3 is 0 Å². The van der Waals surface area contributed by atoms with Crippen molar-refractivity contribution < 1.29 is 19.5 Å². The highest BCUT2D eigenvalue weighted by molar-refractivity contribution is 9.10. The second-order valence-electron chi connectivity index (χ2n) is 9.93. The van der Waals surface area contributed by atoms with Crippen molar-refractivity contribution in [2.24, 2.45) is 34.5 Å². The SMILES string of the molecule is CC(=O)[C@@]1(O)CC[C@H]2[C@@H]3CCC4[C@@H](Br)C(=O)[C@H](Br)C[C@]4(C)[C@H]3C(=O)C[C@@]21C. The number of fused-ring (bicyclic) bond motifs is 5. The van der Waals surface area contributed by atoms with Crippen LogP contribution in [0.3, 0.4) is 0 Å². The third-order valence-corrected chi connectivity index (χ3v) is 10.8. The smallest absolute Gasteiger partial charge is 0.161 e. The number of aliphatic hydroxyl groups is 1. The number of carbonyl (C=O) groups excluding carboxylic acids is 3. The lowest BCUT2D eigenvalue weighted by Gasteiger charge is -2.61. The Bertz CT molecular complexity index is 723.